The summed E-state index contributed by atoms with van der Waals surface area (Å²) in [4.78, 5) is 14.9. The number of hydrogen-bond donors (Lipinski definition) is 0. The Balaban J connectivity index is 1.91. The van der Waals surface area contributed by atoms with Gasteiger partial charge in [-0.05, 0) is 61.4 Å². The summed E-state index contributed by atoms with van der Waals surface area (Å²) in [5.74, 6) is 2.49. The Bertz CT molecular complexity index is 917. The molecule has 0 aromatic heterocycles. The Morgan fingerprint density at radius 2 is 1.96 bits per heavy atom. The van der Waals surface area contributed by atoms with E-state index in [0.717, 1.165) is 17.0 Å². The van der Waals surface area contributed by atoms with Crippen molar-refractivity contribution in [1.82, 2.24) is 0 Å². The van der Waals surface area contributed by atoms with E-state index >= 15 is 0 Å². The Morgan fingerprint density at radius 3 is 2.64 bits per heavy atom. The minimum Gasteiger partial charge on any atom is -0.493 e. The molecule has 0 saturated carbocycles. The molecule has 2 aromatic carbocycles. The first-order chi connectivity index (χ1) is 13.4. The molecular formula is C22H25NO5. The van der Waals surface area contributed by atoms with Crippen LogP contribution in [0.4, 0.5) is 5.69 Å². The average molecular weight is 383 g/mol. The van der Waals surface area contributed by atoms with Gasteiger partial charge >= 0.3 is 0 Å². The van der Waals surface area contributed by atoms with Crippen LogP contribution in [0.2, 0.25) is 0 Å². The molecule has 0 spiro atoms. The molecule has 0 saturated heterocycles. The smallest absolute Gasteiger partial charge is 0.231 e. The van der Waals surface area contributed by atoms with Gasteiger partial charge in [0.25, 0.3) is 0 Å². The van der Waals surface area contributed by atoms with Crippen molar-refractivity contribution in [3.8, 4) is 23.0 Å². The third-order valence-corrected chi connectivity index (χ3v) is 4.42. The number of Topliss-reactive ketones (excluding diaryl/α,β-unsaturated/α-hetero) is 1. The predicted molar refractivity (Wildman–Crippen MR) is 109 cm³/mol. The minimum absolute atomic E-state index is 0.0530. The molecule has 2 aromatic rings. The van der Waals surface area contributed by atoms with Gasteiger partial charge in [0, 0.05) is 19.7 Å². The van der Waals surface area contributed by atoms with Crippen LogP contribution < -0.4 is 23.8 Å². The number of fused-ring (bicyclic) bond motifs is 1. The highest BCUT2D eigenvalue weighted by atomic mass is 16.7. The quantitative estimate of drug-likeness (QED) is 0.528. The topological polar surface area (TPSA) is 57.2 Å². The van der Waals surface area contributed by atoms with E-state index in [-0.39, 0.29) is 12.6 Å². The highest BCUT2D eigenvalue weighted by Gasteiger charge is 2.20. The van der Waals surface area contributed by atoms with Crippen LogP contribution >= 0.6 is 0 Å². The number of ketones is 1. The van der Waals surface area contributed by atoms with E-state index in [1.807, 2.05) is 56.3 Å². The highest BCUT2D eigenvalue weighted by molar-refractivity contribution is 6.11. The van der Waals surface area contributed by atoms with Crippen LogP contribution in [-0.4, -0.2) is 40.4 Å². The second-order valence-electron chi connectivity index (χ2n) is 6.62. The summed E-state index contributed by atoms with van der Waals surface area (Å²) in [6.07, 6.45) is 1.82. The van der Waals surface area contributed by atoms with Gasteiger partial charge in [0.05, 0.1) is 19.4 Å². The van der Waals surface area contributed by atoms with E-state index in [1.165, 1.54) is 0 Å². The van der Waals surface area contributed by atoms with Crippen molar-refractivity contribution in [3.63, 3.8) is 0 Å². The van der Waals surface area contributed by atoms with Gasteiger partial charge in [0.15, 0.2) is 17.3 Å². The fourth-order valence-corrected chi connectivity index (χ4v) is 3.06. The summed E-state index contributed by atoms with van der Waals surface area (Å²) < 4.78 is 21.9. The van der Waals surface area contributed by atoms with E-state index in [2.05, 4.69) is 0 Å². The van der Waals surface area contributed by atoms with Crippen LogP contribution in [0.25, 0.3) is 6.08 Å². The van der Waals surface area contributed by atoms with Crippen molar-refractivity contribution < 1.29 is 23.7 Å². The summed E-state index contributed by atoms with van der Waals surface area (Å²) >= 11 is 0. The van der Waals surface area contributed by atoms with Gasteiger partial charge in [-0.1, -0.05) is 0 Å². The number of benzene rings is 2. The SMILES string of the molecule is CCOc1ccc(C(=O)C(C)=Cc2cc(OC)c3c(c2)OCO3)cc1N(C)C. The molecule has 6 heteroatoms. The van der Waals surface area contributed by atoms with Crippen molar-refractivity contribution in [2.45, 2.75) is 13.8 Å². The zero-order valence-corrected chi connectivity index (χ0v) is 16.9. The normalized spacial score (nSPS) is 12.7. The van der Waals surface area contributed by atoms with Crippen molar-refractivity contribution in [2.24, 2.45) is 0 Å². The van der Waals surface area contributed by atoms with Gasteiger partial charge in [-0.25, -0.2) is 0 Å². The number of carbonyl (C=O) groups is 1. The molecule has 1 aliphatic heterocycles. The molecule has 148 valence electrons. The van der Waals surface area contributed by atoms with E-state index in [4.69, 9.17) is 18.9 Å². The first kappa shape index (κ1) is 19.6. The van der Waals surface area contributed by atoms with E-state index < -0.39 is 0 Å². The first-order valence-electron chi connectivity index (χ1n) is 9.09. The molecule has 28 heavy (non-hydrogen) atoms. The van der Waals surface area contributed by atoms with Crippen molar-refractivity contribution >= 4 is 17.5 Å². The third-order valence-electron chi connectivity index (χ3n) is 4.42. The Hall–Kier alpha value is -3.15. The highest BCUT2D eigenvalue weighted by Crippen LogP contribution is 2.42. The number of ether oxygens (including phenoxy) is 4. The summed E-state index contributed by atoms with van der Waals surface area (Å²) in [5.41, 5.74) is 2.89. The second-order valence-corrected chi connectivity index (χ2v) is 6.62. The number of hydrogen-bond acceptors (Lipinski definition) is 6. The van der Waals surface area contributed by atoms with E-state index in [1.54, 1.807) is 20.1 Å². The molecule has 1 heterocycles. The minimum atomic E-state index is -0.0530. The Kier molecular flexibility index (Phi) is 5.78. The van der Waals surface area contributed by atoms with Gasteiger partial charge in [-0.15, -0.1) is 0 Å². The number of anilines is 1. The molecular weight excluding hydrogens is 358 g/mol. The summed E-state index contributed by atoms with van der Waals surface area (Å²) in [6.45, 7) is 4.46. The second kappa shape index (κ2) is 8.25. The number of methoxy groups -OCH3 is 1. The standard InChI is InChI=1S/C22H25NO5/c1-6-26-18-8-7-16(12-17(18)23(3)4)21(24)14(2)9-15-10-19(25-5)22-20(11-15)27-13-28-22/h7-12H,6,13H2,1-5H3. The fraction of sp³-hybridized carbons (Fsp3) is 0.318. The maximum absolute atomic E-state index is 13.0. The van der Waals surface area contributed by atoms with Gasteiger partial charge in [-0.3, -0.25) is 4.79 Å². The monoisotopic (exact) mass is 383 g/mol. The van der Waals surface area contributed by atoms with Crippen molar-refractivity contribution in [1.29, 1.82) is 0 Å². The lowest BCUT2D eigenvalue weighted by Gasteiger charge is -2.18. The fourth-order valence-electron chi connectivity index (χ4n) is 3.06. The molecule has 0 amide bonds. The molecule has 6 nitrogen and oxygen atoms in total. The molecule has 0 bridgehead atoms. The average Bonchev–Trinajstić information content (AvgIpc) is 3.15. The summed E-state index contributed by atoms with van der Waals surface area (Å²) in [7, 11) is 5.42. The number of rotatable bonds is 7. The van der Waals surface area contributed by atoms with Crippen LogP contribution in [0.3, 0.4) is 0 Å². The van der Waals surface area contributed by atoms with Gasteiger partial charge < -0.3 is 23.8 Å². The maximum atomic E-state index is 13.0. The lowest BCUT2D eigenvalue weighted by Crippen LogP contribution is -2.12. The molecule has 0 radical (unpaired) electrons. The first-order valence-corrected chi connectivity index (χ1v) is 9.09. The molecule has 0 fully saturated rings. The molecule has 0 unspecified atom stereocenters. The number of allylic oxidation sites excluding steroid dienone is 1. The third kappa shape index (κ3) is 3.91. The van der Waals surface area contributed by atoms with Gasteiger partial charge in [0.2, 0.25) is 12.5 Å². The number of carbonyl (C=O) groups excluding carboxylic acids is 1. The van der Waals surface area contributed by atoms with Gasteiger partial charge in [-0.2, -0.15) is 0 Å². The van der Waals surface area contributed by atoms with Crippen LogP contribution in [0.1, 0.15) is 29.8 Å². The molecule has 0 atom stereocenters. The van der Waals surface area contributed by atoms with Crippen LogP contribution in [0.15, 0.2) is 35.9 Å². The van der Waals surface area contributed by atoms with Crippen molar-refractivity contribution in [2.75, 3.05) is 39.5 Å². The molecule has 1 aliphatic rings. The lowest BCUT2D eigenvalue weighted by atomic mass is 10.0. The van der Waals surface area contributed by atoms with Crippen LogP contribution in [0.5, 0.6) is 23.0 Å². The summed E-state index contributed by atoms with van der Waals surface area (Å²) in [6, 6.07) is 9.14. The zero-order valence-electron chi connectivity index (χ0n) is 16.9. The lowest BCUT2D eigenvalue weighted by molar-refractivity contribution is 0.103. The molecule has 3 rings (SSSR count). The van der Waals surface area contributed by atoms with E-state index in [9.17, 15) is 4.79 Å². The van der Waals surface area contributed by atoms with E-state index in [0.29, 0.717) is 35.0 Å². The maximum Gasteiger partial charge on any atom is 0.231 e. The Morgan fingerprint density at radius 1 is 1.18 bits per heavy atom. The number of nitrogens with zero attached hydrogens (tertiary/aromatic N) is 1. The van der Waals surface area contributed by atoms with Crippen LogP contribution in [-0.2, 0) is 0 Å². The Labute approximate surface area is 165 Å². The van der Waals surface area contributed by atoms with Crippen molar-refractivity contribution in [3.05, 3.63) is 47.0 Å². The molecule has 0 aliphatic carbocycles. The molecule has 0 N–H and O–H groups in total. The van der Waals surface area contributed by atoms with Crippen LogP contribution in [0, 0.1) is 0 Å². The van der Waals surface area contributed by atoms with Gasteiger partial charge in [0.1, 0.15) is 5.75 Å². The predicted octanol–water partition coefficient (Wildman–Crippen LogP) is 4.17. The summed E-state index contributed by atoms with van der Waals surface area (Å²) in [5, 5.41) is 0. The zero-order chi connectivity index (χ0) is 20.3. The largest absolute Gasteiger partial charge is 0.493 e.